The van der Waals surface area contributed by atoms with E-state index in [4.69, 9.17) is 5.11 Å². The first-order valence-corrected chi connectivity index (χ1v) is 6.51. The number of carbonyl (C=O) groups is 1. The van der Waals surface area contributed by atoms with Crippen LogP contribution < -0.4 is 0 Å². The van der Waals surface area contributed by atoms with Gasteiger partial charge in [0.1, 0.15) is 0 Å². The molecular formula is C13H13NO2S. The first kappa shape index (κ1) is 10.7. The molecule has 1 heterocycles. The molecular weight excluding hydrogens is 234 g/mol. The molecule has 0 amide bonds. The highest BCUT2D eigenvalue weighted by Gasteiger charge is 2.47. The van der Waals surface area contributed by atoms with E-state index in [1.807, 2.05) is 19.1 Å². The van der Waals surface area contributed by atoms with Gasteiger partial charge in [-0.05, 0) is 31.4 Å². The van der Waals surface area contributed by atoms with E-state index in [9.17, 15) is 4.79 Å². The first-order chi connectivity index (χ1) is 8.11. The summed E-state index contributed by atoms with van der Waals surface area (Å²) in [7, 11) is 0. The van der Waals surface area contributed by atoms with E-state index < -0.39 is 5.97 Å². The predicted octanol–water partition coefficient (Wildman–Crippen LogP) is 3.11. The number of rotatable bonds is 3. The van der Waals surface area contributed by atoms with Gasteiger partial charge in [-0.15, -0.1) is 11.3 Å². The minimum absolute atomic E-state index is 0.147. The standard InChI is InChI=1S/C13H13NO2S/c1-8-14-12-9(3-2-4-10(12)17-8)13(5-6-13)7-11(15)16/h2-4H,5-7H2,1H3,(H,15,16). The lowest BCUT2D eigenvalue weighted by molar-refractivity contribution is -0.137. The molecule has 1 aliphatic rings. The number of nitrogens with zero attached hydrogens (tertiary/aromatic N) is 1. The van der Waals surface area contributed by atoms with E-state index in [0.29, 0.717) is 0 Å². The summed E-state index contributed by atoms with van der Waals surface area (Å²) < 4.78 is 1.16. The monoisotopic (exact) mass is 247 g/mol. The number of aryl methyl sites for hydroxylation is 1. The minimum Gasteiger partial charge on any atom is -0.481 e. The maximum Gasteiger partial charge on any atom is 0.304 e. The fraction of sp³-hybridized carbons (Fsp3) is 0.385. The van der Waals surface area contributed by atoms with Crippen LogP contribution in [0.1, 0.15) is 29.8 Å². The highest BCUT2D eigenvalue weighted by Crippen LogP contribution is 2.53. The van der Waals surface area contributed by atoms with Gasteiger partial charge in [0.25, 0.3) is 0 Å². The quantitative estimate of drug-likeness (QED) is 0.906. The van der Waals surface area contributed by atoms with Crippen LogP contribution >= 0.6 is 11.3 Å². The molecule has 0 saturated heterocycles. The molecule has 1 aromatic carbocycles. The molecule has 4 heteroatoms. The number of fused-ring (bicyclic) bond motifs is 1. The summed E-state index contributed by atoms with van der Waals surface area (Å²) in [4.78, 5) is 15.5. The number of benzene rings is 1. The number of para-hydroxylation sites is 1. The number of hydrogen-bond donors (Lipinski definition) is 1. The normalized spacial score (nSPS) is 17.2. The Morgan fingerprint density at radius 1 is 1.53 bits per heavy atom. The lowest BCUT2D eigenvalue weighted by Crippen LogP contribution is -2.13. The fourth-order valence-electron chi connectivity index (χ4n) is 2.47. The molecule has 1 aliphatic carbocycles. The van der Waals surface area contributed by atoms with Gasteiger partial charge in [-0.25, -0.2) is 4.98 Å². The third-order valence-corrected chi connectivity index (χ3v) is 4.38. The van der Waals surface area contributed by atoms with Crippen LogP contribution in [-0.4, -0.2) is 16.1 Å². The van der Waals surface area contributed by atoms with Gasteiger partial charge in [0.2, 0.25) is 0 Å². The van der Waals surface area contributed by atoms with E-state index in [1.54, 1.807) is 11.3 Å². The zero-order chi connectivity index (χ0) is 12.0. The van der Waals surface area contributed by atoms with E-state index in [-0.39, 0.29) is 11.8 Å². The van der Waals surface area contributed by atoms with Crippen molar-refractivity contribution in [2.24, 2.45) is 0 Å². The van der Waals surface area contributed by atoms with Crippen molar-refractivity contribution in [3.63, 3.8) is 0 Å². The molecule has 0 spiro atoms. The number of thiazole rings is 1. The van der Waals surface area contributed by atoms with Crippen LogP contribution in [-0.2, 0) is 10.2 Å². The Balaban J connectivity index is 2.14. The lowest BCUT2D eigenvalue weighted by Gasteiger charge is -2.13. The summed E-state index contributed by atoms with van der Waals surface area (Å²) in [5.41, 5.74) is 1.99. The average molecular weight is 247 g/mol. The molecule has 0 atom stereocenters. The van der Waals surface area contributed by atoms with Gasteiger partial charge in [0.05, 0.1) is 21.6 Å². The van der Waals surface area contributed by atoms with Gasteiger partial charge in [0.15, 0.2) is 0 Å². The van der Waals surface area contributed by atoms with Crippen molar-refractivity contribution in [3.05, 3.63) is 28.8 Å². The highest BCUT2D eigenvalue weighted by atomic mass is 32.1. The maximum atomic E-state index is 11.0. The van der Waals surface area contributed by atoms with Gasteiger partial charge < -0.3 is 5.11 Å². The molecule has 88 valence electrons. The Morgan fingerprint density at radius 3 is 2.94 bits per heavy atom. The summed E-state index contributed by atoms with van der Waals surface area (Å²) in [5, 5.41) is 10.1. The topological polar surface area (TPSA) is 50.2 Å². The van der Waals surface area contributed by atoms with Crippen molar-refractivity contribution in [2.45, 2.75) is 31.6 Å². The molecule has 1 aromatic heterocycles. The molecule has 2 aromatic rings. The average Bonchev–Trinajstić information content (AvgIpc) is 2.90. The Kier molecular flexibility index (Phi) is 2.23. The fourth-order valence-corrected chi connectivity index (χ4v) is 3.32. The van der Waals surface area contributed by atoms with Crippen molar-refractivity contribution in [1.29, 1.82) is 0 Å². The van der Waals surface area contributed by atoms with E-state index in [0.717, 1.165) is 33.6 Å². The van der Waals surface area contributed by atoms with Crippen LogP contribution in [0.2, 0.25) is 0 Å². The summed E-state index contributed by atoms with van der Waals surface area (Å²) in [5.74, 6) is -0.716. The van der Waals surface area contributed by atoms with E-state index >= 15 is 0 Å². The molecule has 1 fully saturated rings. The van der Waals surface area contributed by atoms with Crippen molar-refractivity contribution in [3.8, 4) is 0 Å². The van der Waals surface area contributed by atoms with Gasteiger partial charge in [-0.3, -0.25) is 4.79 Å². The number of carboxylic acids is 1. The maximum absolute atomic E-state index is 11.0. The summed E-state index contributed by atoms with van der Waals surface area (Å²) >= 11 is 1.67. The zero-order valence-corrected chi connectivity index (χ0v) is 10.4. The molecule has 1 N–H and O–H groups in total. The summed E-state index contributed by atoms with van der Waals surface area (Å²) in [6, 6.07) is 6.11. The molecule has 0 radical (unpaired) electrons. The Hall–Kier alpha value is -1.42. The number of carboxylic acid groups (broad SMARTS) is 1. The summed E-state index contributed by atoms with van der Waals surface area (Å²) in [6.07, 6.45) is 2.16. The van der Waals surface area contributed by atoms with Crippen molar-refractivity contribution < 1.29 is 9.90 Å². The number of aliphatic carboxylic acids is 1. The van der Waals surface area contributed by atoms with Crippen LogP contribution in [0.25, 0.3) is 10.2 Å². The van der Waals surface area contributed by atoms with Crippen LogP contribution in [0.4, 0.5) is 0 Å². The predicted molar refractivity (Wildman–Crippen MR) is 67.5 cm³/mol. The van der Waals surface area contributed by atoms with Gasteiger partial charge in [0, 0.05) is 5.41 Å². The smallest absolute Gasteiger partial charge is 0.304 e. The molecule has 1 saturated carbocycles. The van der Waals surface area contributed by atoms with Crippen LogP contribution in [0.15, 0.2) is 18.2 Å². The van der Waals surface area contributed by atoms with E-state index in [1.165, 1.54) is 0 Å². The molecule has 0 bridgehead atoms. The molecule has 17 heavy (non-hydrogen) atoms. The van der Waals surface area contributed by atoms with Crippen LogP contribution in [0.3, 0.4) is 0 Å². The number of aromatic nitrogens is 1. The second-order valence-corrected chi connectivity index (χ2v) is 5.97. The molecule has 3 nitrogen and oxygen atoms in total. The number of hydrogen-bond acceptors (Lipinski definition) is 3. The third-order valence-electron chi connectivity index (χ3n) is 3.44. The van der Waals surface area contributed by atoms with Crippen molar-refractivity contribution in [2.75, 3.05) is 0 Å². The van der Waals surface area contributed by atoms with Gasteiger partial charge >= 0.3 is 5.97 Å². The SMILES string of the molecule is Cc1nc2c(C3(CC(=O)O)CC3)cccc2s1. The Labute approximate surface area is 103 Å². The van der Waals surface area contributed by atoms with Crippen molar-refractivity contribution in [1.82, 2.24) is 4.98 Å². The lowest BCUT2D eigenvalue weighted by atomic mass is 9.91. The highest BCUT2D eigenvalue weighted by molar-refractivity contribution is 7.18. The minimum atomic E-state index is -0.716. The largest absolute Gasteiger partial charge is 0.481 e. The Morgan fingerprint density at radius 2 is 2.29 bits per heavy atom. The van der Waals surface area contributed by atoms with Crippen LogP contribution in [0.5, 0.6) is 0 Å². The van der Waals surface area contributed by atoms with Crippen LogP contribution in [0, 0.1) is 6.92 Å². The molecule has 0 unspecified atom stereocenters. The Bertz CT molecular complexity index is 598. The second-order valence-electron chi connectivity index (χ2n) is 4.74. The van der Waals surface area contributed by atoms with Gasteiger partial charge in [-0.1, -0.05) is 12.1 Å². The summed E-state index contributed by atoms with van der Waals surface area (Å²) in [6.45, 7) is 1.99. The molecule has 0 aliphatic heterocycles. The second kappa shape index (κ2) is 3.53. The first-order valence-electron chi connectivity index (χ1n) is 5.69. The molecule has 3 rings (SSSR count). The van der Waals surface area contributed by atoms with E-state index in [2.05, 4.69) is 11.1 Å². The third kappa shape index (κ3) is 1.72. The van der Waals surface area contributed by atoms with Crippen molar-refractivity contribution >= 4 is 27.5 Å². The van der Waals surface area contributed by atoms with Gasteiger partial charge in [-0.2, -0.15) is 0 Å². The zero-order valence-electron chi connectivity index (χ0n) is 9.56.